The van der Waals surface area contributed by atoms with Gasteiger partial charge in [0.15, 0.2) is 0 Å². The SMILES string of the molecule is c1ncnc(N(C2CCNCC2)C2CCNC2)n1. The van der Waals surface area contributed by atoms with Crippen LogP contribution in [0.4, 0.5) is 5.95 Å². The van der Waals surface area contributed by atoms with Crippen LogP contribution in [-0.4, -0.2) is 53.2 Å². The molecule has 1 atom stereocenters. The third-order valence-corrected chi connectivity index (χ3v) is 3.84. The second-order valence-corrected chi connectivity index (χ2v) is 4.97. The quantitative estimate of drug-likeness (QED) is 0.772. The molecule has 0 radical (unpaired) electrons. The van der Waals surface area contributed by atoms with E-state index in [4.69, 9.17) is 0 Å². The van der Waals surface area contributed by atoms with Crippen LogP contribution in [0.15, 0.2) is 12.7 Å². The van der Waals surface area contributed by atoms with Crippen molar-refractivity contribution < 1.29 is 0 Å². The van der Waals surface area contributed by atoms with Gasteiger partial charge in [0.1, 0.15) is 12.7 Å². The molecule has 6 heteroatoms. The van der Waals surface area contributed by atoms with E-state index in [-0.39, 0.29) is 0 Å². The third kappa shape index (κ3) is 2.44. The smallest absolute Gasteiger partial charge is 0.228 e. The van der Waals surface area contributed by atoms with E-state index in [1.54, 1.807) is 12.7 Å². The average molecular weight is 248 g/mol. The Morgan fingerprint density at radius 1 is 0.944 bits per heavy atom. The Morgan fingerprint density at radius 2 is 1.61 bits per heavy atom. The molecular formula is C12H20N6. The van der Waals surface area contributed by atoms with Gasteiger partial charge in [-0.05, 0) is 38.9 Å². The van der Waals surface area contributed by atoms with Crippen LogP contribution in [-0.2, 0) is 0 Å². The standard InChI is InChI=1S/C12H20N6/c1-4-13-5-2-10(1)18(11-3-6-14-7-11)12-16-8-15-9-17-12/h8-11,13-14H,1-7H2. The summed E-state index contributed by atoms with van der Waals surface area (Å²) in [6.45, 7) is 4.31. The first kappa shape index (κ1) is 11.8. The lowest BCUT2D eigenvalue weighted by atomic mass is 10.0. The highest BCUT2D eigenvalue weighted by Crippen LogP contribution is 2.23. The van der Waals surface area contributed by atoms with Crippen LogP contribution in [0.2, 0.25) is 0 Å². The summed E-state index contributed by atoms with van der Waals surface area (Å²) >= 11 is 0. The Kier molecular flexibility index (Phi) is 3.66. The summed E-state index contributed by atoms with van der Waals surface area (Å²) in [4.78, 5) is 15.1. The number of aromatic nitrogens is 3. The Bertz CT molecular complexity index is 358. The van der Waals surface area contributed by atoms with Crippen molar-refractivity contribution in [2.24, 2.45) is 0 Å². The maximum Gasteiger partial charge on any atom is 0.228 e. The van der Waals surface area contributed by atoms with Crippen molar-refractivity contribution >= 4 is 5.95 Å². The molecular weight excluding hydrogens is 228 g/mol. The second kappa shape index (κ2) is 5.58. The number of hydrogen-bond donors (Lipinski definition) is 2. The molecule has 2 fully saturated rings. The van der Waals surface area contributed by atoms with Crippen LogP contribution < -0.4 is 15.5 Å². The zero-order valence-electron chi connectivity index (χ0n) is 10.5. The van der Waals surface area contributed by atoms with Crippen LogP contribution in [0.5, 0.6) is 0 Å². The number of rotatable bonds is 3. The molecule has 0 spiro atoms. The molecule has 1 aromatic rings. The first-order valence-electron chi connectivity index (χ1n) is 6.77. The normalized spacial score (nSPS) is 25.2. The molecule has 0 amide bonds. The lowest BCUT2D eigenvalue weighted by Crippen LogP contribution is -2.49. The van der Waals surface area contributed by atoms with Crippen LogP contribution in [0.25, 0.3) is 0 Å². The lowest BCUT2D eigenvalue weighted by Gasteiger charge is -2.38. The van der Waals surface area contributed by atoms with Gasteiger partial charge in [-0.3, -0.25) is 0 Å². The van der Waals surface area contributed by atoms with Crippen molar-refractivity contribution in [3.05, 3.63) is 12.7 Å². The van der Waals surface area contributed by atoms with Crippen molar-refractivity contribution in [1.82, 2.24) is 25.6 Å². The Morgan fingerprint density at radius 3 is 2.28 bits per heavy atom. The molecule has 0 aromatic carbocycles. The fraction of sp³-hybridized carbons (Fsp3) is 0.750. The van der Waals surface area contributed by atoms with E-state index in [0.717, 1.165) is 32.1 Å². The monoisotopic (exact) mass is 248 g/mol. The molecule has 1 aromatic heterocycles. The predicted molar refractivity (Wildman–Crippen MR) is 69.5 cm³/mol. The molecule has 2 saturated heterocycles. The van der Waals surface area contributed by atoms with Crippen molar-refractivity contribution in [1.29, 1.82) is 0 Å². The van der Waals surface area contributed by atoms with Crippen molar-refractivity contribution in [2.45, 2.75) is 31.3 Å². The molecule has 0 saturated carbocycles. The zero-order valence-corrected chi connectivity index (χ0v) is 10.5. The number of nitrogens with one attached hydrogen (secondary N) is 2. The lowest BCUT2D eigenvalue weighted by molar-refractivity contribution is 0.400. The van der Waals surface area contributed by atoms with Gasteiger partial charge in [-0.15, -0.1) is 0 Å². The Hall–Kier alpha value is -1.27. The molecule has 0 aliphatic carbocycles. The molecule has 2 aliphatic rings. The van der Waals surface area contributed by atoms with Gasteiger partial charge < -0.3 is 15.5 Å². The number of piperidine rings is 1. The summed E-state index contributed by atoms with van der Waals surface area (Å²) in [5.41, 5.74) is 0. The summed E-state index contributed by atoms with van der Waals surface area (Å²) in [6.07, 6.45) is 6.71. The molecule has 6 nitrogen and oxygen atoms in total. The van der Waals surface area contributed by atoms with Gasteiger partial charge in [-0.25, -0.2) is 15.0 Å². The molecule has 18 heavy (non-hydrogen) atoms. The summed E-state index contributed by atoms with van der Waals surface area (Å²) < 4.78 is 0. The van der Waals surface area contributed by atoms with E-state index in [1.807, 2.05) is 0 Å². The van der Waals surface area contributed by atoms with Gasteiger partial charge in [-0.2, -0.15) is 0 Å². The van der Waals surface area contributed by atoms with E-state index >= 15 is 0 Å². The molecule has 98 valence electrons. The number of anilines is 1. The Balaban J connectivity index is 1.82. The fourth-order valence-electron chi connectivity index (χ4n) is 2.95. The number of nitrogens with zero attached hydrogens (tertiary/aromatic N) is 4. The van der Waals surface area contributed by atoms with Crippen LogP contribution in [0.3, 0.4) is 0 Å². The van der Waals surface area contributed by atoms with Crippen LogP contribution in [0, 0.1) is 0 Å². The summed E-state index contributed by atoms with van der Waals surface area (Å²) in [7, 11) is 0. The van der Waals surface area contributed by atoms with Gasteiger partial charge in [0.2, 0.25) is 5.95 Å². The van der Waals surface area contributed by atoms with E-state index in [1.165, 1.54) is 19.3 Å². The van der Waals surface area contributed by atoms with E-state index < -0.39 is 0 Å². The predicted octanol–water partition coefficient (Wildman–Crippen LogP) is -0.208. The van der Waals surface area contributed by atoms with Gasteiger partial charge >= 0.3 is 0 Å². The minimum absolute atomic E-state index is 0.524. The highest BCUT2D eigenvalue weighted by molar-refractivity contribution is 5.33. The fourth-order valence-corrected chi connectivity index (χ4v) is 2.95. The third-order valence-electron chi connectivity index (χ3n) is 3.84. The molecule has 1 unspecified atom stereocenters. The average Bonchev–Trinajstić information content (AvgIpc) is 2.95. The topological polar surface area (TPSA) is 66.0 Å². The van der Waals surface area contributed by atoms with Gasteiger partial charge in [-0.1, -0.05) is 0 Å². The first-order chi connectivity index (χ1) is 8.95. The number of hydrogen-bond acceptors (Lipinski definition) is 6. The van der Waals surface area contributed by atoms with Gasteiger partial charge in [0.25, 0.3) is 0 Å². The minimum Gasteiger partial charge on any atom is -0.333 e. The van der Waals surface area contributed by atoms with Crippen LogP contribution in [0.1, 0.15) is 19.3 Å². The highest BCUT2D eigenvalue weighted by atomic mass is 15.3. The molecule has 3 rings (SSSR count). The van der Waals surface area contributed by atoms with Crippen molar-refractivity contribution in [3.63, 3.8) is 0 Å². The van der Waals surface area contributed by atoms with E-state index in [0.29, 0.717) is 12.1 Å². The first-order valence-corrected chi connectivity index (χ1v) is 6.77. The van der Waals surface area contributed by atoms with Gasteiger partial charge in [0.05, 0.1) is 0 Å². The largest absolute Gasteiger partial charge is 0.333 e. The van der Waals surface area contributed by atoms with Crippen molar-refractivity contribution in [2.75, 3.05) is 31.1 Å². The maximum atomic E-state index is 4.35. The van der Waals surface area contributed by atoms with E-state index in [2.05, 4.69) is 30.5 Å². The second-order valence-electron chi connectivity index (χ2n) is 4.97. The molecule has 2 aliphatic heterocycles. The zero-order chi connectivity index (χ0) is 12.2. The maximum absolute atomic E-state index is 4.35. The highest BCUT2D eigenvalue weighted by Gasteiger charge is 2.31. The molecule has 3 heterocycles. The molecule has 2 N–H and O–H groups in total. The molecule has 0 bridgehead atoms. The van der Waals surface area contributed by atoms with E-state index in [9.17, 15) is 0 Å². The summed E-state index contributed by atoms with van der Waals surface area (Å²) in [5.74, 6) is 0.839. The summed E-state index contributed by atoms with van der Waals surface area (Å²) in [6, 6.07) is 1.08. The van der Waals surface area contributed by atoms with Crippen LogP contribution >= 0.6 is 0 Å². The summed E-state index contributed by atoms with van der Waals surface area (Å²) in [5, 5.41) is 6.85. The minimum atomic E-state index is 0.524. The Labute approximate surface area is 107 Å². The van der Waals surface area contributed by atoms with Crippen molar-refractivity contribution in [3.8, 4) is 0 Å². The van der Waals surface area contributed by atoms with Gasteiger partial charge in [0, 0.05) is 18.6 Å².